The van der Waals surface area contributed by atoms with Crippen LogP contribution in [-0.2, 0) is 33.7 Å². The molecule has 0 bridgehead atoms. The van der Waals surface area contributed by atoms with E-state index in [1.165, 1.54) is 0 Å². The van der Waals surface area contributed by atoms with Gasteiger partial charge in [0.1, 0.15) is 0 Å². The van der Waals surface area contributed by atoms with E-state index < -0.39 is 24.1 Å². The van der Waals surface area contributed by atoms with Crippen LogP contribution >= 0.6 is 0 Å². The topological polar surface area (TPSA) is 76.7 Å². The Kier molecular flexibility index (Phi) is 5.97. The first-order chi connectivity index (χ1) is 10.3. The molecule has 6 nitrogen and oxygen atoms in total. The molecule has 7 heteroatoms. The number of carbonyl (C=O) groups excluding carboxylic acids is 2. The number of nitrogens with one attached hydrogen (secondary N) is 2. The van der Waals surface area contributed by atoms with Crippen LogP contribution in [-0.4, -0.2) is 12.8 Å². The number of hydrogen-bond donors (Lipinski definition) is 2. The molecule has 106 valence electrons. The van der Waals surface area contributed by atoms with Crippen molar-refractivity contribution in [1.82, 2.24) is 0 Å². The van der Waals surface area contributed by atoms with Gasteiger partial charge in [0, 0.05) is 0 Å². The third kappa shape index (κ3) is 5.04. The molecular formula is C14H12N2O4Zr. The fourth-order valence-electron chi connectivity index (χ4n) is 1.49. The van der Waals surface area contributed by atoms with Crippen molar-refractivity contribution in [2.24, 2.45) is 0 Å². The maximum absolute atomic E-state index is 10.3. The molecule has 0 atom stereocenters. The van der Waals surface area contributed by atoms with Crippen LogP contribution in [0.3, 0.4) is 0 Å². The molecule has 0 spiro atoms. The molecule has 2 rings (SSSR count). The van der Waals surface area contributed by atoms with E-state index >= 15 is 0 Å². The van der Waals surface area contributed by atoms with E-state index in [1.54, 1.807) is 48.5 Å². The van der Waals surface area contributed by atoms with Gasteiger partial charge in [-0.1, -0.05) is 0 Å². The zero-order valence-electron chi connectivity index (χ0n) is 10.9. The summed E-state index contributed by atoms with van der Waals surface area (Å²) in [4.78, 5) is 20.6. The van der Waals surface area contributed by atoms with Crippen molar-refractivity contribution in [3.8, 4) is 11.5 Å². The molecule has 0 saturated carbocycles. The van der Waals surface area contributed by atoms with Crippen LogP contribution in [0.4, 0.5) is 11.4 Å². The molecule has 0 aromatic heterocycles. The number of carbonyl (C=O) groups is 2. The summed E-state index contributed by atoms with van der Waals surface area (Å²) < 4.78 is 11.2. The SMILES string of the molecule is O=CNc1ccc([O][Zr][O]c2ccc(NC=O)cc2)cc1. The van der Waals surface area contributed by atoms with Gasteiger partial charge < -0.3 is 0 Å². The first-order valence-corrected chi connectivity index (χ1v) is 8.01. The summed E-state index contributed by atoms with van der Waals surface area (Å²) in [5.74, 6) is 1.41. The van der Waals surface area contributed by atoms with Gasteiger partial charge in [0.2, 0.25) is 0 Å². The Morgan fingerprint density at radius 3 is 1.43 bits per heavy atom. The minimum atomic E-state index is -1.50. The van der Waals surface area contributed by atoms with Crippen LogP contribution in [0.5, 0.6) is 11.5 Å². The molecule has 0 radical (unpaired) electrons. The average molecular weight is 363 g/mol. The van der Waals surface area contributed by atoms with Gasteiger partial charge in [-0.3, -0.25) is 0 Å². The van der Waals surface area contributed by atoms with E-state index in [1.807, 2.05) is 0 Å². The van der Waals surface area contributed by atoms with Gasteiger partial charge >= 0.3 is 134 Å². The van der Waals surface area contributed by atoms with E-state index in [9.17, 15) is 9.59 Å². The monoisotopic (exact) mass is 362 g/mol. The predicted molar refractivity (Wildman–Crippen MR) is 73.5 cm³/mol. The molecule has 2 N–H and O–H groups in total. The first kappa shape index (κ1) is 15.3. The quantitative estimate of drug-likeness (QED) is 0.705. The van der Waals surface area contributed by atoms with Gasteiger partial charge in [0.15, 0.2) is 0 Å². The van der Waals surface area contributed by atoms with Crippen molar-refractivity contribution >= 4 is 24.2 Å². The number of rotatable bonds is 8. The number of benzene rings is 2. The molecule has 0 aliphatic heterocycles. The van der Waals surface area contributed by atoms with Crippen molar-refractivity contribution < 1.29 is 39.3 Å². The standard InChI is InChI=1S/2C7H7NO2.Zr/c2*9-5-8-6-1-3-7(10)4-2-6;/h2*1-5,10H,(H,8,9);/q;;+2/p-2. The van der Waals surface area contributed by atoms with E-state index in [4.69, 9.17) is 5.63 Å². The van der Waals surface area contributed by atoms with Crippen LogP contribution in [0.25, 0.3) is 0 Å². The second-order valence-corrected chi connectivity index (χ2v) is 5.27. The summed E-state index contributed by atoms with van der Waals surface area (Å²) in [5, 5.41) is 5.10. The maximum atomic E-state index is 10.3. The van der Waals surface area contributed by atoms with Gasteiger partial charge in [-0.15, -0.1) is 0 Å². The Bertz CT molecular complexity index is 533. The second kappa shape index (κ2) is 8.22. The van der Waals surface area contributed by atoms with Crippen molar-refractivity contribution in [2.75, 3.05) is 10.6 Å². The Labute approximate surface area is 134 Å². The van der Waals surface area contributed by atoms with Gasteiger partial charge in [0.25, 0.3) is 0 Å². The van der Waals surface area contributed by atoms with E-state index in [2.05, 4.69) is 10.6 Å². The number of hydrogen-bond acceptors (Lipinski definition) is 4. The van der Waals surface area contributed by atoms with Gasteiger partial charge in [0.05, 0.1) is 0 Å². The molecule has 2 amide bonds. The van der Waals surface area contributed by atoms with Crippen LogP contribution in [0.1, 0.15) is 0 Å². The zero-order chi connectivity index (χ0) is 14.9. The van der Waals surface area contributed by atoms with Crippen molar-refractivity contribution in [3.63, 3.8) is 0 Å². The molecule has 2 aromatic carbocycles. The van der Waals surface area contributed by atoms with Crippen LogP contribution < -0.4 is 16.3 Å². The molecule has 21 heavy (non-hydrogen) atoms. The van der Waals surface area contributed by atoms with E-state index in [-0.39, 0.29) is 0 Å². The summed E-state index contributed by atoms with van der Waals surface area (Å²) in [5.41, 5.74) is 1.42. The molecule has 0 saturated heterocycles. The molecule has 0 aliphatic rings. The fourth-order valence-corrected chi connectivity index (χ4v) is 2.74. The molecule has 0 heterocycles. The summed E-state index contributed by atoms with van der Waals surface area (Å²) in [6.45, 7) is 0. The fraction of sp³-hybridized carbons (Fsp3) is 0. The van der Waals surface area contributed by atoms with Crippen LogP contribution in [0.15, 0.2) is 48.5 Å². The molecule has 0 aliphatic carbocycles. The molecule has 0 fully saturated rings. The molecule has 2 aromatic rings. The Balaban J connectivity index is 1.80. The summed E-state index contributed by atoms with van der Waals surface area (Å²) in [7, 11) is 0. The zero-order valence-corrected chi connectivity index (χ0v) is 13.4. The second-order valence-electron chi connectivity index (χ2n) is 3.86. The van der Waals surface area contributed by atoms with Gasteiger partial charge in [-0.25, -0.2) is 0 Å². The van der Waals surface area contributed by atoms with Gasteiger partial charge in [-0.05, 0) is 0 Å². The normalized spacial score (nSPS) is 9.33. The van der Waals surface area contributed by atoms with E-state index in [0.29, 0.717) is 35.7 Å². The number of anilines is 2. The van der Waals surface area contributed by atoms with Gasteiger partial charge in [-0.2, -0.15) is 0 Å². The van der Waals surface area contributed by atoms with Crippen LogP contribution in [0, 0.1) is 0 Å². The molecular weight excluding hydrogens is 351 g/mol. The van der Waals surface area contributed by atoms with Crippen molar-refractivity contribution in [3.05, 3.63) is 48.5 Å². The first-order valence-electron chi connectivity index (χ1n) is 6.01. The average Bonchev–Trinajstić information content (AvgIpc) is 2.51. The Morgan fingerprint density at radius 1 is 0.714 bits per heavy atom. The molecule has 0 unspecified atom stereocenters. The van der Waals surface area contributed by atoms with Crippen LogP contribution in [0.2, 0.25) is 0 Å². The van der Waals surface area contributed by atoms with Crippen molar-refractivity contribution in [2.45, 2.75) is 0 Å². The Morgan fingerprint density at radius 2 is 1.10 bits per heavy atom. The van der Waals surface area contributed by atoms with Crippen molar-refractivity contribution in [1.29, 1.82) is 0 Å². The third-order valence-corrected chi connectivity index (χ3v) is 4.05. The third-order valence-electron chi connectivity index (χ3n) is 2.48. The summed E-state index contributed by atoms with van der Waals surface area (Å²) in [6.07, 6.45) is 1.25. The summed E-state index contributed by atoms with van der Waals surface area (Å²) in [6, 6.07) is 14.1. The minimum absolute atomic E-state index is 0.624. The Hall–Kier alpha value is -2.14. The number of amides is 2. The predicted octanol–water partition coefficient (Wildman–Crippen LogP) is 2.19. The summed E-state index contributed by atoms with van der Waals surface area (Å²) >= 11 is -1.50. The van der Waals surface area contributed by atoms with E-state index in [0.717, 1.165) is 0 Å².